The van der Waals surface area contributed by atoms with Crippen LogP contribution in [-0.2, 0) is 47.9 Å². The van der Waals surface area contributed by atoms with E-state index in [-0.39, 0.29) is 174 Å². The zero-order chi connectivity index (χ0) is 102. The molecule has 0 radical (unpaired) electrons. The molecule has 3 saturated heterocycles. The molecule has 13 rings (SSSR count). The van der Waals surface area contributed by atoms with Crippen molar-refractivity contribution >= 4 is 58.5 Å². The Morgan fingerprint density at radius 2 is 0.547 bits per heavy atom. The molecule has 21 atom stereocenters. The van der Waals surface area contributed by atoms with Crippen LogP contribution in [0.2, 0.25) is 0 Å². The highest BCUT2D eigenvalue weighted by atomic mass is 16.2. The molecule has 0 aromatic rings. The van der Waals surface area contributed by atoms with Crippen molar-refractivity contribution in [3.8, 4) is 0 Å². The third-order valence-corrected chi connectivity index (χ3v) is 33.3. The van der Waals surface area contributed by atoms with Crippen molar-refractivity contribution in [2.24, 2.45) is 139 Å². The molecule has 0 aromatic carbocycles. The minimum absolute atomic E-state index is 0.0837. The fraction of sp³-hybridized carbons (Fsp3) is 0.835. The molecule has 22 heteroatoms. The quantitative estimate of drug-likeness (QED) is 0.0503. The summed E-state index contributed by atoms with van der Waals surface area (Å²) >= 11 is 0. The number of allylic oxidation sites excluding steroid dienone is 7. The number of Topliss-reactive ketones (excluding diaryl/α,β-unsaturated/α-hetero) is 5. The van der Waals surface area contributed by atoms with Crippen LogP contribution in [0, 0.1) is 139 Å². The summed E-state index contributed by atoms with van der Waals surface area (Å²) in [5.74, 6) is 4.94. The highest BCUT2D eigenvalue weighted by molar-refractivity contribution is 5.96. The van der Waals surface area contributed by atoms with Crippen LogP contribution >= 0.6 is 0 Å². The van der Waals surface area contributed by atoms with Crippen LogP contribution in [0.3, 0.4) is 0 Å². The van der Waals surface area contributed by atoms with Gasteiger partial charge in [0.15, 0.2) is 0 Å². The molecule has 6 saturated carbocycles. The second kappa shape index (κ2) is 50.0. The molecule has 778 valence electrons. The first kappa shape index (κ1) is 116. The van der Waals surface area contributed by atoms with Gasteiger partial charge in [-0.1, -0.05) is 226 Å². The van der Waals surface area contributed by atoms with Crippen molar-refractivity contribution in [2.75, 3.05) is 183 Å². The number of likely N-dealkylation sites (tertiary alicyclic amines) is 3. The fourth-order valence-corrected chi connectivity index (χ4v) is 25.4. The molecular weight excluding hydrogens is 1710 g/mol. The Morgan fingerprint density at radius 1 is 0.292 bits per heavy atom. The van der Waals surface area contributed by atoms with Crippen molar-refractivity contribution in [3.05, 3.63) is 53.5 Å². The van der Waals surface area contributed by atoms with Crippen LogP contribution < -0.4 is 0 Å². The van der Waals surface area contributed by atoms with Crippen LogP contribution in [0.15, 0.2) is 53.5 Å². The van der Waals surface area contributed by atoms with Gasteiger partial charge in [-0.05, 0) is 224 Å². The van der Waals surface area contributed by atoms with Crippen LogP contribution in [0.1, 0.15) is 280 Å². The standard InChI is InChI=1S/3C20H36N2O2.C19H30N2.2C18H30N2O2/c3*1-6-22-13-9-10-15(22)14-21(5)19(24)17-12-8-7-11-16(17)18(23)20(2,3)4;1-19(2,3)15-12-16(21(6)10-9-20(4)5)18-14-8-7-13(11-14)17(15)18;2*1-18(2,3)16(21)14-12-7-8-13(11-12)15(14)17(22)20(6)10-9-19(4)5/h3*15-17H,6-14H2,1-5H3;7-8,13-14,17-18H,9-11H2,1-6H3;2*7-8,12-15H,9-11H2,1-6H3/t15-,16+,17-;2*15-,16-,17+;13?,14?,17-,18+;2*12?,13?,14-,15+/m010010/s1. The second-order valence-corrected chi connectivity index (χ2v) is 51.0. The summed E-state index contributed by atoms with van der Waals surface area (Å²) in [6.45, 7) is 57.6. The summed E-state index contributed by atoms with van der Waals surface area (Å²) in [6.07, 6.45) is 35.8. The van der Waals surface area contributed by atoms with Gasteiger partial charge in [-0.3, -0.25) is 62.6 Å². The molecule has 13 aliphatic rings. The Morgan fingerprint density at radius 3 is 0.818 bits per heavy atom. The third kappa shape index (κ3) is 30.3. The Bertz CT molecular complexity index is 3900. The van der Waals surface area contributed by atoms with E-state index in [1.165, 1.54) is 50.6 Å². The molecule has 137 heavy (non-hydrogen) atoms. The first-order valence-electron chi connectivity index (χ1n) is 54.2. The molecule has 0 N–H and O–H groups in total. The molecule has 0 aromatic heterocycles. The number of hydrogen-bond donors (Lipinski definition) is 0. The van der Waals surface area contributed by atoms with E-state index in [0.717, 1.165) is 193 Å². The lowest BCUT2D eigenvalue weighted by Gasteiger charge is -2.36. The Labute approximate surface area is 834 Å². The van der Waals surface area contributed by atoms with Gasteiger partial charge in [0.05, 0.1) is 17.5 Å². The van der Waals surface area contributed by atoms with Gasteiger partial charge < -0.3 is 44.1 Å². The lowest BCUT2D eigenvalue weighted by molar-refractivity contribution is -0.145. The minimum atomic E-state index is -0.385. The molecule has 6 unspecified atom stereocenters. The van der Waals surface area contributed by atoms with Gasteiger partial charge in [0.1, 0.15) is 28.9 Å². The predicted octanol–water partition coefficient (Wildman–Crippen LogP) is 17.6. The zero-order valence-corrected chi connectivity index (χ0v) is 93.0. The van der Waals surface area contributed by atoms with E-state index in [1.54, 1.807) is 5.57 Å². The molecule has 3 aliphatic heterocycles. The van der Waals surface area contributed by atoms with Gasteiger partial charge in [0, 0.05) is 206 Å². The Balaban J connectivity index is 0.000000202. The second-order valence-electron chi connectivity index (χ2n) is 51.0. The number of ketones is 5. The number of carbonyl (C=O) groups is 10. The molecule has 5 amide bonds. The SMILES string of the molecule is CCN1CCC[C@@H]1CN(C)C(=O)[C@H]1CCCC[C@H]1C(=O)C(C)(C)C.CCN1CCC[C@H]1CN(C)C(=O)[C@@H]1CCCC[C@@H]1C(=O)C(C)(C)C.CCN1CCC[C@H]1CN(C)C(=O)[C@H]1CCCC[C@H]1C(=O)C(C)(C)C.CN(C)CCN(C)C(=O)[C@@H]1C2C=CC(C2)[C@@H]1C(=O)C(C)(C)C.CN(C)CCN(C)C(=O)[C@H]1C2C=CC(C2)[C@H]1C(=O)C(C)(C)C.CN(C)CCN(C)C1=C=C(C(C)(C)C)[C@@H]2C3C=CC(C3)[C@H]12. The highest BCUT2D eigenvalue weighted by Gasteiger charge is 2.57. The van der Waals surface area contributed by atoms with Crippen molar-refractivity contribution in [1.82, 2.24) is 58.8 Å². The van der Waals surface area contributed by atoms with E-state index in [0.29, 0.717) is 37.1 Å². The summed E-state index contributed by atoms with van der Waals surface area (Å²) in [7, 11) is 24.1. The van der Waals surface area contributed by atoms with Crippen molar-refractivity contribution in [1.29, 1.82) is 0 Å². The van der Waals surface area contributed by atoms with E-state index >= 15 is 0 Å². The maximum absolute atomic E-state index is 13.1. The first-order valence-corrected chi connectivity index (χ1v) is 54.2. The van der Waals surface area contributed by atoms with Gasteiger partial charge in [-0.15, -0.1) is 0 Å². The monoisotopic (exact) mass is 1910 g/mol. The number of amides is 5. The maximum Gasteiger partial charge on any atom is 0.226 e. The number of rotatable bonds is 29. The minimum Gasteiger partial charge on any atom is -0.370 e. The van der Waals surface area contributed by atoms with Crippen molar-refractivity contribution in [3.63, 3.8) is 0 Å². The van der Waals surface area contributed by atoms with E-state index < -0.39 is 0 Å². The van der Waals surface area contributed by atoms with E-state index in [4.69, 9.17) is 0 Å². The molecule has 22 nitrogen and oxygen atoms in total. The average molecular weight is 1910 g/mol. The molecule has 6 bridgehead atoms. The Hall–Kier alpha value is -6.00. The van der Waals surface area contributed by atoms with E-state index in [2.05, 4.69) is 139 Å². The van der Waals surface area contributed by atoms with Crippen LogP contribution in [0.5, 0.6) is 0 Å². The van der Waals surface area contributed by atoms with Crippen molar-refractivity contribution < 1.29 is 47.9 Å². The van der Waals surface area contributed by atoms with Crippen molar-refractivity contribution in [2.45, 2.75) is 298 Å². The lowest BCUT2D eigenvalue weighted by Crippen LogP contribution is -2.47. The average Bonchev–Trinajstić information content (AvgIpc) is 1.56. The molecule has 0 spiro atoms. The topological polar surface area (TPSA) is 210 Å². The van der Waals surface area contributed by atoms with E-state index in [9.17, 15) is 47.9 Å². The normalized spacial score (nSPS) is 29.9. The number of nitrogens with zero attached hydrogens (tertiary/aromatic N) is 12. The third-order valence-electron chi connectivity index (χ3n) is 33.3. The van der Waals surface area contributed by atoms with Gasteiger partial charge in [0.2, 0.25) is 29.5 Å². The molecule has 9 fully saturated rings. The van der Waals surface area contributed by atoms with Gasteiger partial charge in [0.25, 0.3) is 0 Å². The largest absolute Gasteiger partial charge is 0.370 e. The first-order chi connectivity index (χ1) is 63.8. The van der Waals surface area contributed by atoms with E-state index in [1.807, 2.05) is 192 Å². The molecule has 10 aliphatic carbocycles. The maximum atomic E-state index is 13.1. The summed E-state index contributed by atoms with van der Waals surface area (Å²) in [4.78, 5) is 155. The van der Waals surface area contributed by atoms with Crippen LogP contribution in [-0.4, -0.2) is 318 Å². The Kier molecular flexibility index (Phi) is 42.4. The van der Waals surface area contributed by atoms with Gasteiger partial charge in [-0.2, -0.15) is 0 Å². The van der Waals surface area contributed by atoms with Crippen LogP contribution in [0.4, 0.5) is 0 Å². The van der Waals surface area contributed by atoms with Crippen LogP contribution in [0.25, 0.3) is 0 Å². The summed E-state index contributed by atoms with van der Waals surface area (Å²) in [5, 5.41) is 0. The number of likely N-dealkylation sites (N-methyl/N-ethyl adjacent to an activating group) is 12. The number of fused-ring (bicyclic) bond motifs is 9. The number of hydrogen-bond acceptors (Lipinski definition) is 17. The number of carbonyl (C=O) groups excluding carboxylic acids is 10. The van der Waals surface area contributed by atoms with Gasteiger partial charge in [-0.25, -0.2) is 0 Å². The predicted molar refractivity (Wildman–Crippen MR) is 559 cm³/mol. The lowest BCUT2D eigenvalue weighted by atomic mass is 9.70. The summed E-state index contributed by atoms with van der Waals surface area (Å²) < 4.78 is 0. The summed E-state index contributed by atoms with van der Waals surface area (Å²) in [5.41, 5.74) is 5.30. The summed E-state index contributed by atoms with van der Waals surface area (Å²) in [6, 6.07) is 1.47. The molecule has 3 heterocycles. The fourth-order valence-electron chi connectivity index (χ4n) is 25.4. The highest BCUT2D eigenvalue weighted by Crippen LogP contribution is 2.60. The zero-order valence-electron chi connectivity index (χ0n) is 93.0. The van der Waals surface area contributed by atoms with Gasteiger partial charge >= 0.3 is 0 Å². The molecular formula is C115H198N12O10. The smallest absolute Gasteiger partial charge is 0.226 e.